The molecular formula is C42H49Cl3N8O8. The summed E-state index contributed by atoms with van der Waals surface area (Å²) in [5.74, 6) is 3.40. The summed E-state index contributed by atoms with van der Waals surface area (Å²) >= 11 is 5.80. The van der Waals surface area contributed by atoms with E-state index in [4.69, 9.17) is 35.3 Å². The van der Waals surface area contributed by atoms with Crippen LogP contribution in [-0.4, -0.2) is 88.9 Å². The van der Waals surface area contributed by atoms with Crippen molar-refractivity contribution in [2.45, 2.75) is 0 Å². The molecule has 2 aromatic heterocycles. The smallest absolute Gasteiger partial charge is 0.413 e. The van der Waals surface area contributed by atoms with Crippen molar-refractivity contribution in [1.82, 2.24) is 19.9 Å². The lowest BCUT2D eigenvalue weighted by atomic mass is 10.1. The van der Waals surface area contributed by atoms with Gasteiger partial charge in [-0.05, 0) is 36.4 Å². The van der Waals surface area contributed by atoms with Gasteiger partial charge in [0, 0.05) is 63.0 Å². The van der Waals surface area contributed by atoms with Gasteiger partial charge >= 0.3 is 12.2 Å². The Morgan fingerprint density at radius 2 is 1.05 bits per heavy atom. The number of nitrogens with two attached hydrogens (primary N) is 1. The highest BCUT2D eigenvalue weighted by Crippen LogP contribution is 2.32. The number of methoxy groups -OCH3 is 6. The van der Waals surface area contributed by atoms with Crippen LogP contribution in [0.4, 0.5) is 38.2 Å². The van der Waals surface area contributed by atoms with Gasteiger partial charge in [-0.3, -0.25) is 15.1 Å². The number of hydrogen-bond donors (Lipinski definition) is 2. The normalized spacial score (nSPS) is 9.74. The molecule has 0 aliphatic heterocycles. The van der Waals surface area contributed by atoms with Gasteiger partial charge in [0.2, 0.25) is 5.82 Å². The van der Waals surface area contributed by atoms with E-state index in [0.29, 0.717) is 28.0 Å². The third kappa shape index (κ3) is 13.8. The van der Waals surface area contributed by atoms with Crippen molar-refractivity contribution in [3.05, 3.63) is 115 Å². The van der Waals surface area contributed by atoms with E-state index < -0.39 is 12.2 Å². The van der Waals surface area contributed by atoms with Crippen LogP contribution >= 0.6 is 11.6 Å². The maximum Gasteiger partial charge on any atom is 0.413 e. The van der Waals surface area contributed by atoms with Crippen molar-refractivity contribution in [3.8, 4) is 45.5 Å². The Balaban J connectivity index is 0.000000496. The minimum atomic E-state index is -0.485. The van der Waals surface area contributed by atoms with Crippen molar-refractivity contribution < 1.29 is 75.3 Å². The molecule has 19 heteroatoms. The monoisotopic (exact) mass is 898 g/mol. The van der Waals surface area contributed by atoms with E-state index in [1.807, 2.05) is 78.1 Å². The maximum atomic E-state index is 11.9. The van der Waals surface area contributed by atoms with Crippen LogP contribution < -0.4 is 64.6 Å². The van der Waals surface area contributed by atoms with Crippen LogP contribution in [0.15, 0.2) is 110 Å². The molecule has 0 fully saturated rings. The molecule has 0 aliphatic carbocycles. The van der Waals surface area contributed by atoms with Crippen molar-refractivity contribution in [3.63, 3.8) is 0 Å². The van der Waals surface area contributed by atoms with Gasteiger partial charge in [0.05, 0.1) is 65.4 Å². The maximum absolute atomic E-state index is 11.9. The number of halogens is 3. The van der Waals surface area contributed by atoms with Gasteiger partial charge in [-0.1, -0.05) is 35.9 Å². The summed E-state index contributed by atoms with van der Waals surface area (Å²) in [6.45, 7) is 0. The highest BCUT2D eigenvalue weighted by Gasteiger charge is 2.19. The van der Waals surface area contributed by atoms with Gasteiger partial charge in [0.25, 0.3) is 0 Å². The first-order valence-corrected chi connectivity index (χ1v) is 18.1. The first kappa shape index (κ1) is 50.7. The zero-order valence-corrected chi connectivity index (χ0v) is 37.0. The number of rotatable bonds is 10. The Kier molecular flexibility index (Phi) is 21.0. The third-order valence-corrected chi connectivity index (χ3v) is 8.67. The topological polar surface area (TPSA) is 192 Å². The van der Waals surface area contributed by atoms with Crippen LogP contribution in [0.2, 0.25) is 5.15 Å². The molecule has 61 heavy (non-hydrogen) atoms. The number of amides is 2. The minimum absolute atomic E-state index is 0. The number of carbonyl (C=O) groups excluding carboxylic acids is 2. The zero-order valence-electron chi connectivity index (χ0n) is 34.8. The van der Waals surface area contributed by atoms with E-state index in [9.17, 15) is 9.59 Å². The van der Waals surface area contributed by atoms with E-state index in [1.165, 1.54) is 36.7 Å². The number of carbonyl (C=O) groups is 2. The van der Waals surface area contributed by atoms with Gasteiger partial charge in [-0.25, -0.2) is 24.5 Å². The van der Waals surface area contributed by atoms with Gasteiger partial charge in [0.1, 0.15) is 52.2 Å². The lowest BCUT2D eigenvalue weighted by Gasteiger charge is -2.18. The van der Waals surface area contributed by atoms with E-state index >= 15 is 0 Å². The second kappa shape index (κ2) is 25.3. The Hall–Kier alpha value is -6.43. The largest absolute Gasteiger partial charge is 1.00 e. The highest BCUT2D eigenvalue weighted by molar-refractivity contribution is 6.29. The number of aromatic nitrogens is 4. The summed E-state index contributed by atoms with van der Waals surface area (Å²) < 4.78 is 30.6. The predicted octanol–water partition coefficient (Wildman–Crippen LogP) is 0.721. The lowest BCUT2D eigenvalue weighted by molar-refractivity contribution is -0.483. The second-order valence-electron chi connectivity index (χ2n) is 12.1. The molecule has 16 nitrogen and oxygen atoms in total. The molecule has 0 saturated heterocycles. The fourth-order valence-electron chi connectivity index (χ4n) is 5.49. The number of anilines is 2. The molecule has 0 radical (unpaired) electrons. The number of quaternary nitrogens is 2. The molecule has 2 heterocycles. The average Bonchev–Trinajstić information content (AvgIpc) is 3.28. The molecule has 6 rings (SSSR count). The van der Waals surface area contributed by atoms with Crippen molar-refractivity contribution in [2.75, 3.05) is 66.6 Å². The number of benzene rings is 4. The molecule has 5 N–H and O–H groups in total. The molecule has 6 aromatic rings. The molecule has 0 saturated carbocycles. The SMILES string of the molecule is COC(=O)N(C)c1cc([NH2+]c2cc(-c3ccccc3OC)ncn2)ccc1OC.COC(=O)N(C)c1cc([NH3+])ccc1OC.COc1ccccc1-c1cc(Cl)ncn1.[Cl-].[Cl-].[HH]. The Morgan fingerprint density at radius 1 is 0.590 bits per heavy atom. The van der Waals surface area contributed by atoms with Crippen molar-refractivity contribution >= 4 is 52.4 Å². The number of nitrogens with zero attached hydrogens (tertiary/aromatic N) is 6. The van der Waals surface area contributed by atoms with Crippen LogP contribution in [-0.2, 0) is 9.47 Å². The molecular weight excluding hydrogens is 851 g/mol. The fraction of sp³-hybridized carbons (Fsp3) is 0.190. The fourth-order valence-corrected chi connectivity index (χ4v) is 5.64. The summed E-state index contributed by atoms with van der Waals surface area (Å²) in [5.41, 5.74) is 9.97. The van der Waals surface area contributed by atoms with E-state index in [2.05, 4.69) is 30.4 Å². The van der Waals surface area contributed by atoms with Gasteiger partial charge in [-0.2, -0.15) is 4.98 Å². The van der Waals surface area contributed by atoms with Crippen molar-refractivity contribution in [2.24, 2.45) is 0 Å². The second-order valence-corrected chi connectivity index (χ2v) is 12.5. The van der Waals surface area contributed by atoms with Crippen LogP contribution in [0.5, 0.6) is 23.0 Å². The van der Waals surface area contributed by atoms with Crippen molar-refractivity contribution in [1.29, 1.82) is 0 Å². The molecule has 0 spiro atoms. The minimum Gasteiger partial charge on any atom is -1.00 e. The number of hydrogen-bond acceptors (Lipinski definition) is 12. The summed E-state index contributed by atoms with van der Waals surface area (Å²) in [6.07, 6.45) is 2.02. The zero-order chi connectivity index (χ0) is 42.9. The highest BCUT2D eigenvalue weighted by atomic mass is 35.5. The summed E-state index contributed by atoms with van der Waals surface area (Å²) in [4.78, 5) is 42.7. The van der Waals surface area contributed by atoms with Crippen LogP contribution in [0, 0.1) is 0 Å². The molecule has 0 aliphatic rings. The van der Waals surface area contributed by atoms with Gasteiger partial charge in [-0.15, -0.1) is 0 Å². The first-order chi connectivity index (χ1) is 28.5. The Labute approximate surface area is 373 Å². The number of ether oxygens (including phenoxy) is 6. The molecule has 326 valence electrons. The van der Waals surface area contributed by atoms with E-state index in [0.717, 1.165) is 51.2 Å². The van der Waals surface area contributed by atoms with Crippen LogP contribution in [0.3, 0.4) is 0 Å². The van der Waals surface area contributed by atoms with E-state index in [1.54, 1.807) is 66.8 Å². The molecule has 0 atom stereocenters. The van der Waals surface area contributed by atoms with Crippen LogP contribution in [0.1, 0.15) is 1.43 Å². The van der Waals surface area contributed by atoms with Gasteiger partial charge < -0.3 is 59.0 Å². The third-order valence-electron chi connectivity index (χ3n) is 8.47. The Morgan fingerprint density at radius 3 is 1.54 bits per heavy atom. The lowest BCUT2D eigenvalue weighted by Crippen LogP contribution is -3.00. The molecule has 0 bridgehead atoms. The van der Waals surface area contributed by atoms with Gasteiger partial charge in [0.15, 0.2) is 0 Å². The Bertz CT molecular complexity index is 2350. The summed E-state index contributed by atoms with van der Waals surface area (Å²) in [7, 11) is 12.3. The average molecular weight is 900 g/mol. The van der Waals surface area contributed by atoms with E-state index in [-0.39, 0.29) is 26.2 Å². The predicted molar refractivity (Wildman–Crippen MR) is 227 cm³/mol. The standard InChI is InChI=1S/C21H22N4O4.C11H9ClN2O.C10H14N2O3.2ClH.H2/c1-25(21(26)29-4)17-11-14(9-10-19(17)28-3)24-20-12-16(22-13-23-20)15-7-5-6-8-18(15)27-2;1-15-10-5-3-2-4-8(10)9-6-11(12)14-7-13-9;1-12(10(13)15-3)8-6-7(11)4-5-9(8)14-2;;;/h5-13H,1-4H3,(H,22,23,24);2-7H,1H3;4-6H,11H2,1-3H3;3*1H. The number of para-hydroxylation sites is 2. The molecule has 4 aromatic carbocycles. The first-order valence-electron chi connectivity index (χ1n) is 17.7. The van der Waals surface area contributed by atoms with Crippen LogP contribution in [0.25, 0.3) is 22.5 Å². The molecule has 2 amide bonds. The quantitative estimate of drug-likeness (QED) is 0.145. The molecule has 0 unspecified atom stereocenters. The summed E-state index contributed by atoms with van der Waals surface area (Å²) in [6, 6.07) is 29.8. The summed E-state index contributed by atoms with van der Waals surface area (Å²) in [5, 5.41) is 2.32.